The van der Waals surface area contributed by atoms with Crippen LogP contribution < -0.4 is 5.32 Å². The highest BCUT2D eigenvalue weighted by molar-refractivity contribution is 5.73. The van der Waals surface area contributed by atoms with Gasteiger partial charge in [0.05, 0.1) is 11.9 Å². The van der Waals surface area contributed by atoms with Gasteiger partial charge in [-0.25, -0.2) is 9.07 Å². The smallest absolute Gasteiger partial charge is 0.219 e. The summed E-state index contributed by atoms with van der Waals surface area (Å²) in [5.74, 6) is -0.0679. The number of carbonyl (C=O) groups excluding carboxylic acids is 1. The van der Waals surface area contributed by atoms with Crippen molar-refractivity contribution in [2.24, 2.45) is 5.41 Å². The average molecular weight is 384 g/mol. The molecule has 0 radical (unpaired) electrons. The number of aromatic nitrogens is 2. The zero-order chi connectivity index (χ0) is 19.9. The van der Waals surface area contributed by atoms with Gasteiger partial charge in [-0.1, -0.05) is 13.8 Å². The lowest BCUT2D eigenvalue weighted by Crippen LogP contribution is -2.46. The Labute approximate surface area is 165 Å². The molecule has 1 aliphatic heterocycles. The average Bonchev–Trinajstić information content (AvgIpc) is 3.05. The Morgan fingerprint density at radius 2 is 1.89 bits per heavy atom. The van der Waals surface area contributed by atoms with Gasteiger partial charge in [0, 0.05) is 43.4 Å². The molecule has 150 valence electrons. The number of benzene rings is 1. The molecule has 1 amide bonds. The van der Waals surface area contributed by atoms with Crippen LogP contribution in [0, 0.1) is 11.2 Å². The molecule has 1 unspecified atom stereocenters. The van der Waals surface area contributed by atoms with E-state index < -0.39 is 0 Å². The van der Waals surface area contributed by atoms with E-state index in [0.29, 0.717) is 6.04 Å². The minimum atomic E-state index is -0.235. The van der Waals surface area contributed by atoms with E-state index in [1.165, 1.54) is 23.4 Å². The Kier molecular flexibility index (Phi) is 5.00. The minimum absolute atomic E-state index is 0.155. The first-order valence-electron chi connectivity index (χ1n) is 10.2. The fourth-order valence-corrected chi connectivity index (χ4v) is 4.64. The van der Waals surface area contributed by atoms with Crippen LogP contribution >= 0.6 is 0 Å². The first kappa shape index (κ1) is 19.1. The molecule has 1 atom stereocenters. The summed E-state index contributed by atoms with van der Waals surface area (Å²) in [6.07, 6.45) is 5.94. The molecule has 2 aromatic rings. The molecule has 1 N–H and O–H groups in total. The lowest BCUT2D eigenvalue weighted by molar-refractivity contribution is -0.129. The first-order chi connectivity index (χ1) is 13.3. The number of carbonyl (C=O) groups is 1. The fourth-order valence-electron chi connectivity index (χ4n) is 4.64. The van der Waals surface area contributed by atoms with Crippen LogP contribution in [0.3, 0.4) is 0 Å². The number of nitrogens with zero attached hydrogens (tertiary/aromatic N) is 3. The summed E-state index contributed by atoms with van der Waals surface area (Å²) < 4.78 is 15.3. The molecule has 1 aromatic heterocycles. The minimum Gasteiger partial charge on any atom is -0.343 e. The van der Waals surface area contributed by atoms with Gasteiger partial charge < -0.3 is 10.2 Å². The predicted octanol–water partition coefficient (Wildman–Crippen LogP) is 3.63. The Balaban J connectivity index is 1.56. The van der Waals surface area contributed by atoms with Crippen molar-refractivity contribution in [3.63, 3.8) is 0 Å². The fraction of sp³-hybridized carbons (Fsp3) is 0.545. The number of fused-ring (bicyclic) bond motifs is 1. The maximum Gasteiger partial charge on any atom is 0.219 e. The maximum atomic E-state index is 13.3. The zero-order valence-electron chi connectivity index (χ0n) is 16.9. The van der Waals surface area contributed by atoms with Gasteiger partial charge in [0.1, 0.15) is 5.82 Å². The van der Waals surface area contributed by atoms with Crippen molar-refractivity contribution >= 4 is 5.91 Å². The second-order valence-corrected chi connectivity index (χ2v) is 8.98. The van der Waals surface area contributed by atoms with Crippen molar-refractivity contribution in [2.75, 3.05) is 13.1 Å². The molecular weight excluding hydrogens is 355 g/mol. The molecule has 0 spiro atoms. The number of hydrogen-bond acceptors (Lipinski definition) is 3. The summed E-state index contributed by atoms with van der Waals surface area (Å²) in [5, 5.41) is 8.49. The third-order valence-electron chi connectivity index (χ3n) is 6.13. The number of halogens is 1. The molecule has 1 aromatic carbocycles. The van der Waals surface area contributed by atoms with Crippen LogP contribution in [0.1, 0.15) is 57.3 Å². The number of piperidine rings is 1. The molecule has 5 nitrogen and oxygen atoms in total. The lowest BCUT2D eigenvalue weighted by atomic mass is 9.74. The highest BCUT2D eigenvalue weighted by Crippen LogP contribution is 2.41. The zero-order valence-corrected chi connectivity index (χ0v) is 16.9. The van der Waals surface area contributed by atoms with E-state index in [4.69, 9.17) is 0 Å². The number of nitrogens with one attached hydrogen (secondary N) is 1. The maximum absolute atomic E-state index is 13.3. The summed E-state index contributed by atoms with van der Waals surface area (Å²) in [7, 11) is 0. The van der Waals surface area contributed by atoms with Crippen molar-refractivity contribution in [1.29, 1.82) is 0 Å². The van der Waals surface area contributed by atoms with Crippen molar-refractivity contribution in [3.05, 3.63) is 47.5 Å². The van der Waals surface area contributed by atoms with E-state index in [1.807, 2.05) is 15.8 Å². The summed E-state index contributed by atoms with van der Waals surface area (Å²) in [6, 6.07) is 7.19. The topological polar surface area (TPSA) is 50.2 Å². The molecule has 2 aliphatic rings. The number of amides is 1. The van der Waals surface area contributed by atoms with Crippen molar-refractivity contribution in [3.8, 4) is 5.69 Å². The van der Waals surface area contributed by atoms with Crippen LogP contribution in [0.25, 0.3) is 5.69 Å². The van der Waals surface area contributed by atoms with E-state index in [9.17, 15) is 9.18 Å². The van der Waals surface area contributed by atoms with Crippen LogP contribution in [0.15, 0.2) is 30.5 Å². The first-order valence-corrected chi connectivity index (χ1v) is 10.2. The Bertz CT molecular complexity index is 850. The SMILES string of the molecule is CC(=O)N1CCC(NC2CC(C)(C)Cc3c2cnn3-c2ccc(F)cc2)CC1. The monoisotopic (exact) mass is 384 g/mol. The molecule has 1 aliphatic carbocycles. The largest absolute Gasteiger partial charge is 0.343 e. The van der Waals surface area contributed by atoms with Gasteiger partial charge in [-0.05, 0) is 55.4 Å². The van der Waals surface area contributed by atoms with Crippen molar-refractivity contribution < 1.29 is 9.18 Å². The summed E-state index contributed by atoms with van der Waals surface area (Å²) in [6.45, 7) is 7.89. The molecule has 6 heteroatoms. The predicted molar refractivity (Wildman–Crippen MR) is 107 cm³/mol. The van der Waals surface area contributed by atoms with Gasteiger partial charge in [0.25, 0.3) is 0 Å². The van der Waals surface area contributed by atoms with E-state index in [0.717, 1.165) is 44.5 Å². The van der Waals surface area contributed by atoms with Crippen LogP contribution in [-0.2, 0) is 11.2 Å². The second-order valence-electron chi connectivity index (χ2n) is 8.98. The van der Waals surface area contributed by atoms with Crippen molar-refractivity contribution in [2.45, 2.75) is 58.5 Å². The molecule has 1 saturated heterocycles. The number of likely N-dealkylation sites (tertiary alicyclic amines) is 1. The normalized spacial score (nSPS) is 22.1. The molecule has 0 bridgehead atoms. The van der Waals surface area contributed by atoms with Crippen LogP contribution in [0.2, 0.25) is 0 Å². The van der Waals surface area contributed by atoms with E-state index in [2.05, 4.69) is 24.3 Å². The molecule has 28 heavy (non-hydrogen) atoms. The highest BCUT2D eigenvalue weighted by Gasteiger charge is 2.36. The standard InChI is InChI=1S/C22H29FN4O/c1-15(28)26-10-8-17(9-11-26)25-20-12-22(2,3)13-21-19(20)14-24-27(21)18-6-4-16(23)5-7-18/h4-7,14,17,20,25H,8-13H2,1-3H3. The number of hydrogen-bond donors (Lipinski definition) is 1. The Morgan fingerprint density at radius 3 is 2.54 bits per heavy atom. The van der Waals surface area contributed by atoms with Gasteiger partial charge in [-0.3, -0.25) is 4.79 Å². The molecular formula is C22H29FN4O. The third kappa shape index (κ3) is 3.83. The quantitative estimate of drug-likeness (QED) is 0.879. The molecule has 0 saturated carbocycles. The van der Waals surface area contributed by atoms with Crippen LogP contribution in [-0.4, -0.2) is 39.7 Å². The highest BCUT2D eigenvalue weighted by atomic mass is 19.1. The van der Waals surface area contributed by atoms with Crippen LogP contribution in [0.5, 0.6) is 0 Å². The van der Waals surface area contributed by atoms with Crippen molar-refractivity contribution in [1.82, 2.24) is 20.0 Å². The van der Waals surface area contributed by atoms with Gasteiger partial charge >= 0.3 is 0 Å². The Hall–Kier alpha value is -2.21. The summed E-state index contributed by atoms with van der Waals surface area (Å²) in [5.41, 5.74) is 3.51. The van der Waals surface area contributed by atoms with Gasteiger partial charge in [-0.2, -0.15) is 5.10 Å². The van der Waals surface area contributed by atoms with E-state index in [-0.39, 0.29) is 23.2 Å². The summed E-state index contributed by atoms with van der Waals surface area (Å²) >= 11 is 0. The van der Waals surface area contributed by atoms with E-state index >= 15 is 0 Å². The Morgan fingerprint density at radius 1 is 1.21 bits per heavy atom. The molecule has 1 fully saturated rings. The van der Waals surface area contributed by atoms with Gasteiger partial charge in [0.15, 0.2) is 0 Å². The van der Waals surface area contributed by atoms with Gasteiger partial charge in [-0.15, -0.1) is 0 Å². The van der Waals surface area contributed by atoms with Crippen LogP contribution in [0.4, 0.5) is 4.39 Å². The molecule has 2 heterocycles. The lowest BCUT2D eigenvalue weighted by Gasteiger charge is -2.39. The summed E-state index contributed by atoms with van der Waals surface area (Å²) in [4.78, 5) is 13.5. The van der Waals surface area contributed by atoms with E-state index in [1.54, 1.807) is 19.1 Å². The number of rotatable bonds is 3. The molecule has 4 rings (SSSR count). The third-order valence-corrected chi connectivity index (χ3v) is 6.13. The second kappa shape index (κ2) is 7.32. The van der Waals surface area contributed by atoms with Gasteiger partial charge in [0.2, 0.25) is 5.91 Å².